The van der Waals surface area contributed by atoms with Gasteiger partial charge in [-0.2, -0.15) is 0 Å². The molecule has 2 N–H and O–H groups in total. The number of nitrogens with two attached hydrogens (primary N) is 1. The number of nitrogens with zero attached hydrogens (tertiary/aromatic N) is 2. The molecule has 0 atom stereocenters. The third-order valence-electron chi connectivity index (χ3n) is 3.06. The molecule has 0 radical (unpaired) electrons. The fourth-order valence-electron chi connectivity index (χ4n) is 1.79. The van der Waals surface area contributed by atoms with Crippen molar-refractivity contribution in [2.75, 3.05) is 5.73 Å². The van der Waals surface area contributed by atoms with Crippen LogP contribution in [0.2, 0.25) is 0 Å². The van der Waals surface area contributed by atoms with Crippen molar-refractivity contribution in [3.63, 3.8) is 0 Å². The first-order chi connectivity index (χ1) is 6.13. The summed E-state index contributed by atoms with van der Waals surface area (Å²) in [4.78, 5) is 11.7. The lowest BCUT2D eigenvalue weighted by Crippen LogP contribution is -2.31. The molecule has 0 unspecified atom stereocenters. The second kappa shape index (κ2) is 2.65. The summed E-state index contributed by atoms with van der Waals surface area (Å²) < 4.78 is 3.66. The third kappa shape index (κ3) is 1.01. The smallest absolute Gasteiger partial charge is 0.290 e. The van der Waals surface area contributed by atoms with E-state index in [-0.39, 0.29) is 5.56 Å². The Kier molecular flexibility index (Phi) is 1.71. The molecule has 0 aliphatic heterocycles. The van der Waals surface area contributed by atoms with E-state index < -0.39 is 0 Å². The summed E-state index contributed by atoms with van der Waals surface area (Å²) in [5.74, 6) is 0. The number of anilines is 1. The van der Waals surface area contributed by atoms with Crippen molar-refractivity contribution in [1.82, 2.24) is 9.36 Å². The summed E-state index contributed by atoms with van der Waals surface area (Å²) in [6.07, 6.45) is 3.44. The molecule has 0 amide bonds. The average Bonchev–Trinajstić information content (AvgIpc) is 2.19. The van der Waals surface area contributed by atoms with Crippen molar-refractivity contribution in [2.24, 2.45) is 7.05 Å². The highest BCUT2D eigenvalue weighted by atomic mass is 16.1. The number of rotatable bonds is 1. The second-order valence-electron chi connectivity index (χ2n) is 3.76. The lowest BCUT2D eigenvalue weighted by atomic mass is 9.93. The number of aromatic nitrogens is 2. The molecular weight excluding hydrogens is 166 g/mol. The largest absolute Gasteiger partial charge is 0.393 e. The van der Waals surface area contributed by atoms with E-state index in [1.54, 1.807) is 4.68 Å². The molecule has 0 bridgehead atoms. The maximum atomic E-state index is 11.7. The van der Waals surface area contributed by atoms with Crippen LogP contribution in [0.4, 0.5) is 5.69 Å². The van der Waals surface area contributed by atoms with Crippen LogP contribution in [0.3, 0.4) is 0 Å². The van der Waals surface area contributed by atoms with Gasteiger partial charge >= 0.3 is 0 Å². The first-order valence-corrected chi connectivity index (χ1v) is 4.66. The van der Waals surface area contributed by atoms with Crippen LogP contribution in [0.1, 0.15) is 31.0 Å². The zero-order valence-corrected chi connectivity index (χ0v) is 8.08. The second-order valence-corrected chi connectivity index (χ2v) is 3.76. The van der Waals surface area contributed by atoms with Crippen LogP contribution in [-0.2, 0) is 7.05 Å². The molecule has 1 heterocycles. The minimum atomic E-state index is -0.0234. The molecule has 1 fully saturated rings. The Morgan fingerprint density at radius 3 is 2.38 bits per heavy atom. The van der Waals surface area contributed by atoms with E-state index in [1.807, 2.05) is 18.7 Å². The molecule has 1 aliphatic carbocycles. The first-order valence-electron chi connectivity index (χ1n) is 4.66. The Hall–Kier alpha value is -1.19. The first kappa shape index (κ1) is 8.41. The lowest BCUT2D eigenvalue weighted by Gasteiger charge is -2.27. The molecule has 4 heteroatoms. The van der Waals surface area contributed by atoms with Crippen molar-refractivity contribution < 1.29 is 0 Å². The summed E-state index contributed by atoms with van der Waals surface area (Å²) in [6.45, 7) is 1.88. The van der Waals surface area contributed by atoms with Gasteiger partial charge in [-0.05, 0) is 26.2 Å². The van der Waals surface area contributed by atoms with Crippen molar-refractivity contribution >= 4 is 5.69 Å². The van der Waals surface area contributed by atoms with Crippen LogP contribution in [0.5, 0.6) is 0 Å². The topological polar surface area (TPSA) is 53.0 Å². The van der Waals surface area contributed by atoms with Gasteiger partial charge in [0.2, 0.25) is 0 Å². The third-order valence-corrected chi connectivity index (χ3v) is 3.06. The lowest BCUT2D eigenvalue weighted by molar-refractivity contribution is 0.255. The predicted molar refractivity (Wildman–Crippen MR) is 51.7 cm³/mol. The van der Waals surface area contributed by atoms with Gasteiger partial charge in [-0.3, -0.25) is 9.48 Å². The van der Waals surface area contributed by atoms with Gasteiger partial charge in [-0.15, -0.1) is 0 Å². The van der Waals surface area contributed by atoms with Crippen LogP contribution in [0, 0.1) is 6.92 Å². The maximum absolute atomic E-state index is 11.7. The van der Waals surface area contributed by atoms with Crippen LogP contribution in [0.25, 0.3) is 0 Å². The molecule has 0 spiro atoms. The molecule has 1 aliphatic rings. The van der Waals surface area contributed by atoms with E-state index in [1.165, 1.54) is 6.42 Å². The molecule has 13 heavy (non-hydrogen) atoms. The van der Waals surface area contributed by atoms with E-state index in [0.29, 0.717) is 11.7 Å². The standard InChI is InChI=1S/C9H15N3O/c1-6-8(10)9(13)12(11(6)2)7-4-3-5-7/h7H,3-5,10H2,1-2H3. The minimum absolute atomic E-state index is 0.0234. The molecule has 4 nitrogen and oxygen atoms in total. The molecule has 0 aromatic carbocycles. The fraction of sp³-hybridized carbons (Fsp3) is 0.667. The summed E-state index contributed by atoms with van der Waals surface area (Å²) >= 11 is 0. The highest BCUT2D eigenvalue weighted by Gasteiger charge is 2.24. The van der Waals surface area contributed by atoms with E-state index in [0.717, 1.165) is 18.5 Å². The SMILES string of the molecule is Cc1c(N)c(=O)n(C2CCC2)n1C. The highest BCUT2D eigenvalue weighted by molar-refractivity contribution is 5.40. The van der Waals surface area contributed by atoms with Crippen LogP contribution in [-0.4, -0.2) is 9.36 Å². The number of hydrogen-bond acceptors (Lipinski definition) is 2. The zero-order valence-electron chi connectivity index (χ0n) is 8.08. The molecule has 1 aromatic heterocycles. The summed E-state index contributed by atoms with van der Waals surface area (Å²) in [7, 11) is 1.89. The van der Waals surface area contributed by atoms with Crippen LogP contribution >= 0.6 is 0 Å². The zero-order chi connectivity index (χ0) is 9.59. The van der Waals surface area contributed by atoms with Gasteiger partial charge in [0, 0.05) is 7.05 Å². The van der Waals surface area contributed by atoms with Gasteiger partial charge in [0.05, 0.1) is 11.7 Å². The molecule has 1 saturated carbocycles. The van der Waals surface area contributed by atoms with Gasteiger partial charge in [0.15, 0.2) is 0 Å². The van der Waals surface area contributed by atoms with Gasteiger partial charge in [-0.25, -0.2) is 4.68 Å². The van der Waals surface area contributed by atoms with E-state index in [9.17, 15) is 4.79 Å². The highest BCUT2D eigenvalue weighted by Crippen LogP contribution is 2.30. The Labute approximate surface area is 76.9 Å². The van der Waals surface area contributed by atoms with Gasteiger partial charge in [0.1, 0.15) is 5.69 Å². The van der Waals surface area contributed by atoms with Gasteiger partial charge in [-0.1, -0.05) is 0 Å². The predicted octanol–water partition coefficient (Wildman–Crippen LogP) is 0.802. The molecule has 1 aromatic rings. The Balaban J connectivity index is 2.55. The fourth-order valence-corrected chi connectivity index (χ4v) is 1.79. The van der Waals surface area contributed by atoms with Crippen molar-refractivity contribution in [1.29, 1.82) is 0 Å². The molecule has 2 rings (SSSR count). The molecule has 72 valence electrons. The van der Waals surface area contributed by atoms with Gasteiger partial charge in [0.25, 0.3) is 5.56 Å². The number of nitrogen functional groups attached to an aromatic ring is 1. The van der Waals surface area contributed by atoms with Crippen LogP contribution < -0.4 is 11.3 Å². The monoisotopic (exact) mass is 181 g/mol. The Morgan fingerprint density at radius 2 is 2.08 bits per heavy atom. The summed E-state index contributed by atoms with van der Waals surface area (Å²) in [6, 6.07) is 0.383. The van der Waals surface area contributed by atoms with Crippen molar-refractivity contribution in [2.45, 2.75) is 32.2 Å². The molecular formula is C9H15N3O. The van der Waals surface area contributed by atoms with E-state index in [2.05, 4.69) is 0 Å². The summed E-state index contributed by atoms with van der Waals surface area (Å²) in [5, 5.41) is 0. The average molecular weight is 181 g/mol. The Morgan fingerprint density at radius 1 is 1.46 bits per heavy atom. The quantitative estimate of drug-likeness (QED) is 0.696. The normalized spacial score (nSPS) is 17.4. The van der Waals surface area contributed by atoms with Gasteiger partial charge < -0.3 is 5.73 Å². The van der Waals surface area contributed by atoms with Crippen LogP contribution in [0.15, 0.2) is 4.79 Å². The number of hydrogen-bond donors (Lipinski definition) is 1. The summed E-state index contributed by atoms with van der Waals surface area (Å²) in [5.41, 5.74) is 6.91. The van der Waals surface area contributed by atoms with E-state index >= 15 is 0 Å². The van der Waals surface area contributed by atoms with E-state index in [4.69, 9.17) is 5.73 Å². The van der Waals surface area contributed by atoms with Crippen molar-refractivity contribution in [3.05, 3.63) is 16.0 Å². The minimum Gasteiger partial charge on any atom is -0.393 e. The molecule has 0 saturated heterocycles. The Bertz CT molecular complexity index is 384. The van der Waals surface area contributed by atoms with Crippen molar-refractivity contribution in [3.8, 4) is 0 Å². The maximum Gasteiger partial charge on any atom is 0.290 e.